The topological polar surface area (TPSA) is 165 Å². The molecule has 17 rings (SSSR count). The van der Waals surface area contributed by atoms with Crippen LogP contribution in [0, 0.1) is 0 Å². The molecule has 1 aliphatic carbocycles. The molecule has 0 spiro atoms. The van der Waals surface area contributed by atoms with Gasteiger partial charge in [-0.05, 0) is 36.0 Å². The lowest BCUT2D eigenvalue weighted by Crippen LogP contribution is -2.28. The fourth-order valence-electron chi connectivity index (χ4n) is 11.9. The van der Waals surface area contributed by atoms with Gasteiger partial charge in [-0.3, -0.25) is 4.79 Å². The molecule has 16 heterocycles. The minimum atomic E-state index is -0.418. The summed E-state index contributed by atoms with van der Waals surface area (Å²) in [7, 11) is 0. The third-order valence-corrected chi connectivity index (χ3v) is 28.0. The highest BCUT2D eigenvalue weighted by molar-refractivity contribution is 8.13. The minimum Gasteiger partial charge on any atom is -0.491 e. The minimum absolute atomic E-state index is 0.113. The van der Waals surface area contributed by atoms with Crippen LogP contribution in [-0.2, 0) is 23.7 Å². The SMILES string of the molecule is CSCCCSC(=O)CC1=CCC(c2sc(C3=C4OCCOC4C(c4sc(-c5sc(-c6sc(-c7sc(C8=C9OCCOC9C(c9scc%10c9OCCO%10)S8)c8c7OCCO8)c7c6OCCO7)c6c5OCCO6)c5c4OCCO5)S3)c3c2OCCO3)=C1. The molecule has 27 heteroatoms. The van der Waals surface area contributed by atoms with Crippen molar-refractivity contribution in [3.8, 4) is 98.3 Å². The Morgan fingerprint density at radius 3 is 1.41 bits per heavy atom. The van der Waals surface area contributed by atoms with Gasteiger partial charge in [0.1, 0.15) is 116 Å². The summed E-state index contributed by atoms with van der Waals surface area (Å²) >= 11 is 16.3. The summed E-state index contributed by atoms with van der Waals surface area (Å²) in [6.45, 7) is 6.72. The van der Waals surface area contributed by atoms with Crippen LogP contribution in [0.3, 0.4) is 0 Å². The number of carbonyl (C=O) groups is 1. The number of thioether (sulfide) groups is 4. The Kier molecular flexibility index (Phi) is 15.0. The van der Waals surface area contributed by atoms with E-state index in [0.29, 0.717) is 170 Å². The molecule has 0 amide bonds. The molecule has 2 fully saturated rings. The first kappa shape index (κ1) is 55.4. The standard InChI is InChI=1S/C59H52O17S10/c1-77-21-2-22-78-29(60)24-26-3-4-27(23-26)45-31-32(64-8-7-63-31)48(80-45)49-35-36(68-12-11-67-35)52(82-49)53-39-40(72-16-15-71-39)56(84-53)57-43-44(76-20-19-75-43)59(86-57)58-42-41(73-17-18-74-42)55(85-58)54-38-37(69-13-14-70-38)51(83-54)50-34-33(65-9-10-66-34)47(81-50)46-30-28(25-79-46)61-5-6-62-30/h3,23,25,33,36,47,52H,2,4-22,24H2,1H3. The van der Waals surface area contributed by atoms with Gasteiger partial charge < -0.3 is 75.8 Å². The van der Waals surface area contributed by atoms with E-state index in [1.165, 1.54) is 11.8 Å². The van der Waals surface area contributed by atoms with E-state index in [9.17, 15) is 4.79 Å². The third-order valence-electron chi connectivity index (χ3n) is 15.5. The highest BCUT2D eigenvalue weighted by atomic mass is 32.2. The van der Waals surface area contributed by atoms with Gasteiger partial charge in [0, 0.05) is 17.6 Å². The van der Waals surface area contributed by atoms with E-state index in [4.69, 9.17) is 75.8 Å². The summed E-state index contributed by atoms with van der Waals surface area (Å²) in [6.07, 6.45) is 7.82. The van der Waals surface area contributed by atoms with Gasteiger partial charge in [-0.15, -0.1) is 91.5 Å². The second kappa shape index (κ2) is 23.3. The largest absolute Gasteiger partial charge is 0.491 e. The van der Waals surface area contributed by atoms with Gasteiger partial charge in [0.25, 0.3) is 0 Å². The Labute approximate surface area is 534 Å². The van der Waals surface area contributed by atoms with E-state index < -0.39 is 6.10 Å². The number of fused-ring (bicyclic) bond motifs is 8. The van der Waals surface area contributed by atoms with Crippen LogP contribution in [0.1, 0.15) is 54.1 Å². The van der Waals surface area contributed by atoms with Crippen LogP contribution in [0.2, 0.25) is 0 Å². The van der Waals surface area contributed by atoms with Crippen LogP contribution in [0.5, 0.6) is 69.0 Å². The normalized spacial score (nSPS) is 22.9. The lowest BCUT2D eigenvalue weighted by molar-refractivity contribution is -0.110. The average molecular weight is 1350 g/mol. The molecule has 0 radical (unpaired) electrons. The van der Waals surface area contributed by atoms with Gasteiger partial charge >= 0.3 is 0 Å². The lowest BCUT2D eigenvalue weighted by Gasteiger charge is -2.27. The zero-order valence-corrected chi connectivity index (χ0v) is 54.1. The number of rotatable bonds is 14. The number of allylic oxidation sites excluding steroid dienone is 4. The van der Waals surface area contributed by atoms with Crippen LogP contribution in [0.15, 0.2) is 34.6 Å². The van der Waals surface area contributed by atoms with Crippen molar-refractivity contribution >= 4 is 136 Å². The van der Waals surface area contributed by atoms with Crippen molar-refractivity contribution < 1.29 is 80.6 Å². The first-order chi connectivity index (χ1) is 42.5. The average Bonchev–Trinajstić information content (AvgIpc) is 1.77. The van der Waals surface area contributed by atoms with Crippen molar-refractivity contribution in [2.45, 2.75) is 42.0 Å². The first-order valence-corrected chi connectivity index (χ1v) is 37.5. The predicted octanol–water partition coefficient (Wildman–Crippen LogP) is 13.9. The smallest absolute Gasteiger partial charge is 0.193 e. The fourth-order valence-corrected chi connectivity index (χ4v) is 24.2. The van der Waals surface area contributed by atoms with Crippen molar-refractivity contribution in [1.82, 2.24) is 0 Å². The van der Waals surface area contributed by atoms with Gasteiger partial charge in [-0.1, -0.05) is 23.9 Å². The molecule has 86 heavy (non-hydrogen) atoms. The Balaban J connectivity index is 0.716. The first-order valence-electron chi connectivity index (χ1n) is 28.4. The molecule has 4 unspecified atom stereocenters. The molecule has 0 bridgehead atoms. The molecule has 2 saturated heterocycles. The Morgan fingerprint density at radius 2 is 0.872 bits per heavy atom. The molecule has 17 nitrogen and oxygen atoms in total. The Morgan fingerprint density at radius 1 is 0.453 bits per heavy atom. The Bertz CT molecular complexity index is 3850. The van der Waals surface area contributed by atoms with Gasteiger partial charge in [0.2, 0.25) is 0 Å². The third kappa shape index (κ3) is 9.42. The monoisotopic (exact) mass is 1350 g/mol. The van der Waals surface area contributed by atoms with E-state index in [0.717, 1.165) is 121 Å². The molecule has 0 N–H and O–H groups in total. The maximum Gasteiger partial charge on any atom is 0.193 e. The van der Waals surface area contributed by atoms with Crippen LogP contribution in [0.25, 0.3) is 44.6 Å². The van der Waals surface area contributed by atoms with Crippen LogP contribution >= 0.6 is 115 Å². The summed E-state index contributed by atoms with van der Waals surface area (Å²) in [4.78, 5) is 25.0. The van der Waals surface area contributed by atoms with Crippen molar-refractivity contribution in [2.75, 3.05) is 123 Å². The van der Waals surface area contributed by atoms with E-state index in [1.807, 2.05) is 17.1 Å². The molecule has 0 aromatic carbocycles. The molecule has 10 aliphatic heterocycles. The molecule has 4 atom stereocenters. The lowest BCUT2D eigenvalue weighted by atomic mass is 10.1. The summed E-state index contributed by atoms with van der Waals surface area (Å²) in [5.74, 6) is 11.7. The van der Waals surface area contributed by atoms with Gasteiger partial charge in [0.05, 0.1) is 87.2 Å². The molecule has 6 aromatic rings. The quantitative estimate of drug-likeness (QED) is 0.0945. The number of thiophene rings is 6. The highest BCUT2D eigenvalue weighted by Crippen LogP contribution is 2.70. The zero-order chi connectivity index (χ0) is 57.0. The van der Waals surface area contributed by atoms with Crippen LogP contribution < -0.4 is 56.8 Å². The predicted molar refractivity (Wildman–Crippen MR) is 340 cm³/mol. The zero-order valence-electron chi connectivity index (χ0n) is 45.9. The molecule has 11 aliphatic rings. The molecular weight excluding hydrogens is 1300 g/mol. The maximum atomic E-state index is 13.0. The Hall–Kier alpha value is -4.65. The summed E-state index contributed by atoms with van der Waals surface area (Å²) in [5.41, 5.74) is 2.15. The molecule has 0 saturated carbocycles. The van der Waals surface area contributed by atoms with Crippen molar-refractivity contribution in [3.63, 3.8) is 0 Å². The van der Waals surface area contributed by atoms with E-state index in [2.05, 4.69) is 18.4 Å². The highest BCUT2D eigenvalue weighted by Gasteiger charge is 2.50. The van der Waals surface area contributed by atoms with Crippen molar-refractivity contribution in [1.29, 1.82) is 0 Å². The fraction of sp³-hybridized carbons (Fsp3) is 0.441. The van der Waals surface area contributed by atoms with Crippen LogP contribution in [0.4, 0.5) is 0 Å². The second-order valence-electron chi connectivity index (χ2n) is 20.7. The van der Waals surface area contributed by atoms with Gasteiger partial charge in [-0.25, -0.2) is 0 Å². The van der Waals surface area contributed by atoms with E-state index >= 15 is 0 Å². The summed E-state index contributed by atoms with van der Waals surface area (Å²) in [5, 5.41) is 1.85. The maximum absolute atomic E-state index is 13.0. The van der Waals surface area contributed by atoms with E-state index in [-0.39, 0.29) is 21.7 Å². The van der Waals surface area contributed by atoms with Gasteiger partial charge in [0.15, 0.2) is 74.1 Å². The molecular formula is C59H52O17S10. The van der Waals surface area contributed by atoms with Gasteiger partial charge in [-0.2, -0.15) is 11.8 Å². The number of hydrogen-bond donors (Lipinski definition) is 0. The number of hydrogen-bond acceptors (Lipinski definition) is 27. The number of ether oxygens (including phenoxy) is 16. The van der Waals surface area contributed by atoms with E-state index in [1.54, 1.807) is 91.5 Å². The second-order valence-corrected chi connectivity index (χ2v) is 31.2. The molecule has 6 aromatic heterocycles. The summed E-state index contributed by atoms with van der Waals surface area (Å²) < 4.78 is 105. The van der Waals surface area contributed by atoms with Crippen molar-refractivity contribution in [3.05, 3.63) is 59.0 Å². The van der Waals surface area contributed by atoms with Crippen molar-refractivity contribution in [2.24, 2.45) is 0 Å². The van der Waals surface area contributed by atoms with Crippen LogP contribution in [-0.4, -0.2) is 141 Å². The molecule has 450 valence electrons. The summed E-state index contributed by atoms with van der Waals surface area (Å²) in [6, 6.07) is 0. The number of carbonyl (C=O) groups excluding carboxylic acids is 1.